The third-order valence-corrected chi connectivity index (χ3v) is 11.8. The Morgan fingerprint density at radius 2 is 0.810 bits per heavy atom. The van der Waals surface area contributed by atoms with E-state index in [0.29, 0.717) is 17.5 Å². The van der Waals surface area contributed by atoms with Gasteiger partial charge in [0.05, 0.1) is 0 Å². The van der Waals surface area contributed by atoms with Crippen LogP contribution in [0.3, 0.4) is 0 Å². The van der Waals surface area contributed by atoms with Crippen LogP contribution in [0.4, 0.5) is 0 Å². The molecule has 0 unspecified atom stereocenters. The minimum Gasteiger partial charge on any atom is -0.456 e. The van der Waals surface area contributed by atoms with Crippen LogP contribution in [0.2, 0.25) is 0 Å². The van der Waals surface area contributed by atoms with E-state index in [1.807, 2.05) is 31.2 Å². The largest absolute Gasteiger partial charge is 0.456 e. The molecule has 0 spiro atoms. The lowest BCUT2D eigenvalue weighted by atomic mass is 9.84. The predicted octanol–water partition coefficient (Wildman–Crippen LogP) is 15.1. The second kappa shape index (κ2) is 16.0. The van der Waals surface area contributed by atoms with Crippen molar-refractivity contribution in [1.29, 1.82) is 0 Å². The number of pyridine rings is 1. The van der Waals surface area contributed by atoms with Crippen LogP contribution >= 0.6 is 0 Å². The summed E-state index contributed by atoms with van der Waals surface area (Å²) >= 11 is 0. The van der Waals surface area contributed by atoms with Crippen LogP contribution in [-0.2, 0) is 0 Å². The van der Waals surface area contributed by atoms with Gasteiger partial charge in [0.1, 0.15) is 11.2 Å². The van der Waals surface area contributed by atoms with E-state index in [1.165, 1.54) is 5.56 Å². The number of hydrogen-bond acceptors (Lipinski definition) is 5. The molecule has 298 valence electrons. The SMILES string of the molecule is Cc1ccc(-c2cccc(-c3nc(-c4ccc(-c5c(-c6ccccc6)cc(-c6ccccc6)cc5-c5ccccc5)cc4)nc(-c4ccc5c(c4)oc4ccccc45)n3)c2)c(C)n1. The Labute approximate surface area is 366 Å². The Bertz CT molecular complexity index is 3390. The summed E-state index contributed by atoms with van der Waals surface area (Å²) in [5.74, 6) is 1.72. The smallest absolute Gasteiger partial charge is 0.164 e. The quantitative estimate of drug-likeness (QED) is 0.153. The third-order valence-electron chi connectivity index (χ3n) is 11.8. The van der Waals surface area contributed by atoms with Gasteiger partial charge in [-0.15, -0.1) is 0 Å². The third kappa shape index (κ3) is 7.26. The summed E-state index contributed by atoms with van der Waals surface area (Å²) in [5.41, 5.74) is 17.5. The van der Waals surface area contributed by atoms with Crippen molar-refractivity contribution in [3.63, 3.8) is 0 Å². The lowest BCUT2D eigenvalue weighted by Gasteiger charge is -2.19. The van der Waals surface area contributed by atoms with E-state index in [-0.39, 0.29) is 0 Å². The fourth-order valence-corrected chi connectivity index (χ4v) is 8.67. The first-order chi connectivity index (χ1) is 31.0. The van der Waals surface area contributed by atoms with E-state index < -0.39 is 0 Å². The maximum absolute atomic E-state index is 6.32. The topological polar surface area (TPSA) is 64.7 Å². The molecule has 0 N–H and O–H groups in total. The van der Waals surface area contributed by atoms with Crippen molar-refractivity contribution in [2.45, 2.75) is 13.8 Å². The van der Waals surface area contributed by atoms with E-state index >= 15 is 0 Å². The molecule has 3 heterocycles. The number of aromatic nitrogens is 4. The molecule has 5 heteroatoms. The van der Waals surface area contributed by atoms with Gasteiger partial charge >= 0.3 is 0 Å². The normalized spacial score (nSPS) is 11.3. The van der Waals surface area contributed by atoms with Gasteiger partial charge in [0.2, 0.25) is 0 Å². The van der Waals surface area contributed by atoms with E-state index in [9.17, 15) is 0 Å². The van der Waals surface area contributed by atoms with Crippen LogP contribution in [0.5, 0.6) is 0 Å². The van der Waals surface area contributed by atoms with E-state index in [1.54, 1.807) is 0 Å². The lowest BCUT2D eigenvalue weighted by molar-refractivity contribution is 0.669. The van der Waals surface area contributed by atoms with Crippen molar-refractivity contribution >= 4 is 21.9 Å². The highest BCUT2D eigenvalue weighted by molar-refractivity contribution is 6.06. The van der Waals surface area contributed by atoms with Gasteiger partial charge in [-0.2, -0.15) is 0 Å². The minimum absolute atomic E-state index is 0.564. The van der Waals surface area contributed by atoms with Crippen molar-refractivity contribution < 1.29 is 4.42 Å². The molecular formula is C58H40N4O. The molecule has 0 amide bonds. The zero-order valence-electron chi connectivity index (χ0n) is 34.8. The number of rotatable bonds is 8. The molecule has 8 aromatic carbocycles. The molecule has 0 saturated carbocycles. The summed E-state index contributed by atoms with van der Waals surface area (Å²) in [4.78, 5) is 20.2. The molecule has 11 aromatic rings. The molecule has 3 aromatic heterocycles. The fourth-order valence-electron chi connectivity index (χ4n) is 8.67. The van der Waals surface area contributed by atoms with Gasteiger partial charge in [-0.25, -0.2) is 15.0 Å². The number of nitrogens with zero attached hydrogens (tertiary/aromatic N) is 4. The highest BCUT2D eigenvalue weighted by Crippen LogP contribution is 2.44. The molecule has 0 aliphatic heterocycles. The number of furan rings is 1. The molecule has 5 nitrogen and oxygen atoms in total. The van der Waals surface area contributed by atoms with Gasteiger partial charge in [0.25, 0.3) is 0 Å². The van der Waals surface area contributed by atoms with Crippen LogP contribution in [0.15, 0.2) is 211 Å². The molecule has 0 fully saturated rings. The zero-order valence-corrected chi connectivity index (χ0v) is 34.8. The summed E-state index contributed by atoms with van der Waals surface area (Å²) in [6.45, 7) is 4.07. The zero-order chi connectivity index (χ0) is 42.3. The molecule has 0 atom stereocenters. The molecular weight excluding hydrogens is 769 g/mol. The average Bonchev–Trinajstić information content (AvgIpc) is 3.72. The molecule has 0 bridgehead atoms. The Hall–Kier alpha value is -8.28. The number of hydrogen-bond donors (Lipinski definition) is 0. The highest BCUT2D eigenvalue weighted by Gasteiger charge is 2.19. The number of benzene rings is 8. The molecule has 11 rings (SSSR count). The second-order valence-corrected chi connectivity index (χ2v) is 15.9. The Kier molecular flexibility index (Phi) is 9.55. The molecule has 0 saturated heterocycles. The van der Waals surface area contributed by atoms with Crippen LogP contribution in [-0.4, -0.2) is 19.9 Å². The lowest BCUT2D eigenvalue weighted by Crippen LogP contribution is -2.00. The molecule has 63 heavy (non-hydrogen) atoms. The second-order valence-electron chi connectivity index (χ2n) is 15.9. The van der Waals surface area contributed by atoms with Gasteiger partial charge < -0.3 is 4.42 Å². The van der Waals surface area contributed by atoms with Gasteiger partial charge in [-0.05, 0) is 106 Å². The summed E-state index contributed by atoms with van der Waals surface area (Å²) in [6.07, 6.45) is 0. The van der Waals surface area contributed by atoms with Crippen LogP contribution in [0.1, 0.15) is 11.4 Å². The number of aryl methyl sites for hydroxylation is 2. The molecule has 0 radical (unpaired) electrons. The molecule has 0 aliphatic rings. The average molecular weight is 809 g/mol. The van der Waals surface area contributed by atoms with Crippen molar-refractivity contribution in [1.82, 2.24) is 19.9 Å². The van der Waals surface area contributed by atoms with Gasteiger partial charge in [0.15, 0.2) is 17.5 Å². The van der Waals surface area contributed by atoms with Crippen molar-refractivity contribution in [2.75, 3.05) is 0 Å². The minimum atomic E-state index is 0.564. The standard InChI is InChI=1S/C58H40N4O/c1-37-25-31-48(38(2)59-37)44-21-14-22-45(33-44)57-60-56(61-58(62-57)46-30-32-50-49-23-12-13-24-53(49)63-54(50)36-46)43-28-26-42(27-29-43)55-51(40-17-8-4-9-18-40)34-47(39-15-6-3-7-16-39)35-52(55)41-19-10-5-11-20-41/h3-36H,1-2H3. The maximum Gasteiger partial charge on any atom is 0.164 e. The van der Waals surface area contributed by atoms with Gasteiger partial charge in [-0.3, -0.25) is 4.98 Å². The Balaban J connectivity index is 1.07. The van der Waals surface area contributed by atoms with Crippen LogP contribution in [0.25, 0.3) is 112 Å². The fraction of sp³-hybridized carbons (Fsp3) is 0.0345. The monoisotopic (exact) mass is 808 g/mol. The maximum atomic E-state index is 6.32. The summed E-state index contributed by atoms with van der Waals surface area (Å²) in [7, 11) is 0. The van der Waals surface area contributed by atoms with Crippen LogP contribution < -0.4 is 0 Å². The highest BCUT2D eigenvalue weighted by atomic mass is 16.3. The first-order valence-corrected chi connectivity index (χ1v) is 21.2. The Morgan fingerprint density at radius 1 is 0.302 bits per heavy atom. The van der Waals surface area contributed by atoms with E-state index in [0.717, 1.165) is 100 Å². The van der Waals surface area contributed by atoms with Crippen molar-refractivity contribution in [3.05, 3.63) is 218 Å². The van der Waals surface area contributed by atoms with Crippen LogP contribution in [0, 0.1) is 13.8 Å². The van der Waals surface area contributed by atoms with E-state index in [4.69, 9.17) is 24.4 Å². The summed E-state index contributed by atoms with van der Waals surface area (Å²) in [6, 6.07) is 72.1. The summed E-state index contributed by atoms with van der Waals surface area (Å²) < 4.78 is 6.32. The Morgan fingerprint density at radius 3 is 1.46 bits per heavy atom. The van der Waals surface area contributed by atoms with Gasteiger partial charge in [0, 0.05) is 44.4 Å². The van der Waals surface area contributed by atoms with Gasteiger partial charge in [-0.1, -0.05) is 164 Å². The first-order valence-electron chi connectivity index (χ1n) is 21.2. The predicted molar refractivity (Wildman–Crippen MR) is 258 cm³/mol. The van der Waals surface area contributed by atoms with Crippen molar-refractivity contribution in [3.8, 4) is 89.8 Å². The number of para-hydroxylation sites is 1. The number of fused-ring (bicyclic) bond motifs is 3. The summed E-state index contributed by atoms with van der Waals surface area (Å²) in [5, 5.41) is 2.13. The molecule has 0 aliphatic carbocycles. The van der Waals surface area contributed by atoms with E-state index in [2.05, 4.69) is 189 Å². The first kappa shape index (κ1) is 37.7. The van der Waals surface area contributed by atoms with Crippen molar-refractivity contribution in [2.24, 2.45) is 0 Å².